The van der Waals surface area contributed by atoms with E-state index < -0.39 is 23.7 Å². The highest BCUT2D eigenvalue weighted by Crippen LogP contribution is 2.41. The van der Waals surface area contributed by atoms with E-state index in [1.165, 1.54) is 4.57 Å². The number of amides is 2. The van der Waals surface area contributed by atoms with Crippen molar-refractivity contribution in [2.24, 2.45) is 4.99 Å². The second-order valence-corrected chi connectivity index (χ2v) is 17.4. The van der Waals surface area contributed by atoms with Gasteiger partial charge in [-0.05, 0) is 83.5 Å². The number of carbonyl (C=O) groups excluding carboxylic acids is 2. The summed E-state index contributed by atoms with van der Waals surface area (Å²) in [5, 5.41) is 21.0. The molecule has 6 aromatic heterocycles. The van der Waals surface area contributed by atoms with Crippen molar-refractivity contribution in [3.8, 4) is 21.9 Å². The predicted octanol–water partition coefficient (Wildman–Crippen LogP) is 7.07. The molecule has 8 aromatic rings. The molecule has 2 aromatic carbocycles. The van der Waals surface area contributed by atoms with Gasteiger partial charge in [-0.2, -0.15) is 0 Å². The van der Waals surface area contributed by atoms with Crippen molar-refractivity contribution in [1.29, 1.82) is 0 Å². The molecule has 326 valence electrons. The highest BCUT2D eigenvalue weighted by Gasteiger charge is 2.33. The fraction of sp³-hybridized carbons (Fsp3) is 0.283. The van der Waals surface area contributed by atoms with Gasteiger partial charge in [-0.25, -0.2) is 4.79 Å². The number of halogens is 1. The lowest BCUT2D eigenvalue weighted by Gasteiger charge is -2.15. The number of hydrogen-bond donors (Lipinski definition) is 2. The van der Waals surface area contributed by atoms with Crippen LogP contribution in [-0.4, -0.2) is 76.7 Å². The van der Waals surface area contributed by atoms with Crippen LogP contribution in [0.3, 0.4) is 0 Å². The van der Waals surface area contributed by atoms with Crippen LogP contribution >= 0.6 is 22.9 Å². The Balaban J connectivity index is 0.954. The molecule has 1 aliphatic heterocycles. The summed E-state index contributed by atoms with van der Waals surface area (Å²) in [5.74, 6) is 1.73. The van der Waals surface area contributed by atoms with E-state index in [9.17, 15) is 14.4 Å². The van der Waals surface area contributed by atoms with Crippen LogP contribution in [-0.2, 0) is 16.1 Å². The third-order valence-corrected chi connectivity index (χ3v) is 13.2. The highest BCUT2D eigenvalue weighted by molar-refractivity contribution is 7.15. The molecular formula is C46H44ClN11O5S. The quantitative estimate of drug-likeness (QED) is 0.120. The van der Waals surface area contributed by atoms with Gasteiger partial charge in [0.15, 0.2) is 5.82 Å². The van der Waals surface area contributed by atoms with Crippen molar-refractivity contribution in [1.82, 2.24) is 49.7 Å². The summed E-state index contributed by atoms with van der Waals surface area (Å²) in [7, 11) is 1.58. The molecule has 2 atom stereocenters. The number of rotatable bonds is 12. The molecule has 0 aliphatic carbocycles. The van der Waals surface area contributed by atoms with E-state index in [1.807, 2.05) is 86.9 Å². The van der Waals surface area contributed by atoms with Crippen LogP contribution in [0.15, 0.2) is 81.3 Å². The number of nitrogens with zero attached hydrogens (tertiary/aromatic N) is 9. The maximum absolute atomic E-state index is 14.5. The molecule has 1 aliphatic rings. The monoisotopic (exact) mass is 897 g/mol. The minimum Gasteiger partial charge on any atom is -0.496 e. The van der Waals surface area contributed by atoms with Crippen molar-refractivity contribution in [2.75, 3.05) is 20.2 Å². The molecule has 9 rings (SSSR count). The minimum absolute atomic E-state index is 0.00902. The summed E-state index contributed by atoms with van der Waals surface area (Å²) in [6.07, 6.45) is 3.28. The molecule has 0 radical (unpaired) electrons. The van der Waals surface area contributed by atoms with Crippen LogP contribution in [0.25, 0.3) is 38.1 Å². The number of thiophene rings is 1. The first kappa shape index (κ1) is 42.3. The highest BCUT2D eigenvalue weighted by atomic mass is 35.5. The van der Waals surface area contributed by atoms with E-state index in [-0.39, 0.29) is 32.0 Å². The van der Waals surface area contributed by atoms with E-state index >= 15 is 0 Å². The molecular weight excluding hydrogens is 854 g/mol. The second-order valence-electron chi connectivity index (χ2n) is 15.7. The first-order chi connectivity index (χ1) is 30.8. The molecule has 0 unspecified atom stereocenters. The van der Waals surface area contributed by atoms with Crippen molar-refractivity contribution >= 4 is 62.4 Å². The molecule has 0 saturated heterocycles. The molecule has 0 bridgehead atoms. The van der Waals surface area contributed by atoms with Crippen LogP contribution < -0.4 is 21.1 Å². The van der Waals surface area contributed by atoms with Gasteiger partial charge in [0, 0.05) is 51.3 Å². The SMILES string of the molecule is COc1cc2c(cc1-c1c(C)noc1C)ncc1c2n([C@H](C)c2ccccn2)c(=O)n1CC(=O)NCCNC(=O)C[C@@H]1N=C(c2ccc(Cl)cc2)c2c(sc(C)c2C)-n2c(C)nnc21. The number of fused-ring (bicyclic) bond motifs is 6. The minimum atomic E-state index is -0.648. The molecule has 0 saturated carbocycles. The molecule has 0 fully saturated rings. The Bertz CT molecular complexity index is 3200. The maximum atomic E-state index is 14.5. The zero-order valence-corrected chi connectivity index (χ0v) is 37.8. The fourth-order valence-electron chi connectivity index (χ4n) is 8.46. The number of aromatic nitrogens is 8. The van der Waals surface area contributed by atoms with Gasteiger partial charge in [0.25, 0.3) is 0 Å². The number of carbonyl (C=O) groups is 2. The van der Waals surface area contributed by atoms with Crippen molar-refractivity contribution in [2.45, 2.75) is 66.6 Å². The van der Waals surface area contributed by atoms with Gasteiger partial charge < -0.3 is 19.9 Å². The van der Waals surface area contributed by atoms with Gasteiger partial charge in [0.05, 0.1) is 65.0 Å². The largest absolute Gasteiger partial charge is 0.496 e. The number of benzene rings is 2. The van der Waals surface area contributed by atoms with Crippen molar-refractivity contribution < 1.29 is 18.8 Å². The number of imidazole rings is 1. The Morgan fingerprint density at radius 2 is 1.73 bits per heavy atom. The van der Waals surface area contributed by atoms with Crippen molar-refractivity contribution in [3.63, 3.8) is 0 Å². The lowest BCUT2D eigenvalue weighted by atomic mass is 9.99. The lowest BCUT2D eigenvalue weighted by molar-refractivity contribution is -0.123. The van der Waals surface area contributed by atoms with Gasteiger partial charge in [-0.15, -0.1) is 21.5 Å². The smallest absolute Gasteiger partial charge is 0.330 e. The number of aliphatic imine (C=N–C) groups is 1. The summed E-state index contributed by atoms with van der Waals surface area (Å²) < 4.78 is 16.4. The Labute approximate surface area is 376 Å². The van der Waals surface area contributed by atoms with E-state index in [0.29, 0.717) is 61.5 Å². The molecule has 64 heavy (non-hydrogen) atoms. The maximum Gasteiger partial charge on any atom is 0.330 e. The Kier molecular flexibility index (Phi) is 11.2. The fourth-order valence-corrected chi connectivity index (χ4v) is 9.80. The molecule has 2 N–H and O–H groups in total. The first-order valence-corrected chi connectivity index (χ1v) is 21.9. The number of ether oxygens (including phenoxy) is 1. The average molecular weight is 898 g/mol. The van der Waals surface area contributed by atoms with Crippen LogP contribution in [0.4, 0.5) is 0 Å². The zero-order valence-electron chi connectivity index (χ0n) is 36.2. The Morgan fingerprint density at radius 1 is 0.969 bits per heavy atom. The summed E-state index contributed by atoms with van der Waals surface area (Å²) >= 11 is 7.90. The Hall–Kier alpha value is -6.98. The number of nitrogens with one attached hydrogen (secondary N) is 2. The number of pyridine rings is 2. The van der Waals surface area contributed by atoms with Crippen LogP contribution in [0.2, 0.25) is 5.02 Å². The molecule has 7 heterocycles. The Morgan fingerprint density at radius 3 is 2.44 bits per heavy atom. The number of aryl methyl sites for hydroxylation is 4. The van der Waals surface area contributed by atoms with Crippen LogP contribution in [0, 0.1) is 34.6 Å². The predicted molar refractivity (Wildman–Crippen MR) is 245 cm³/mol. The van der Waals surface area contributed by atoms with E-state index in [2.05, 4.69) is 44.8 Å². The summed E-state index contributed by atoms with van der Waals surface area (Å²) in [4.78, 5) is 57.3. The van der Waals surface area contributed by atoms with E-state index in [0.717, 1.165) is 43.4 Å². The van der Waals surface area contributed by atoms with E-state index in [4.69, 9.17) is 30.8 Å². The molecule has 2 amide bonds. The summed E-state index contributed by atoms with van der Waals surface area (Å²) in [6, 6.07) is 15.6. The third kappa shape index (κ3) is 7.43. The first-order valence-electron chi connectivity index (χ1n) is 20.7. The summed E-state index contributed by atoms with van der Waals surface area (Å²) in [6.45, 7) is 11.6. The van der Waals surface area contributed by atoms with Gasteiger partial charge in [0.2, 0.25) is 11.8 Å². The zero-order chi connectivity index (χ0) is 45.0. The molecule has 16 nitrogen and oxygen atoms in total. The number of hydrogen-bond acceptors (Lipinski definition) is 12. The molecule has 18 heteroatoms. The molecule has 0 spiro atoms. The second kappa shape index (κ2) is 17.0. The third-order valence-electron chi connectivity index (χ3n) is 11.7. The standard InChI is InChI=1S/C46H44ClN11O5S/c1-23-27(5)64-45-40(23)42(29-11-13-30(47)14-12-29)52-35(44-54-53-28(6)58(44)45)20-38(59)49-16-17-50-39(60)22-56-36-21-51-34-18-32(41-24(2)55-63-26(41)4)37(62-7)19-31(34)43(36)57(46(56)61)25(3)33-10-8-9-15-48-33/h8-15,18-19,21,25,35H,16-17,20,22H2,1-7H3,(H,49,59)(H,50,60)/t25-,35+/m1/s1. The van der Waals surface area contributed by atoms with Crippen LogP contribution in [0.5, 0.6) is 5.75 Å². The van der Waals surface area contributed by atoms with Crippen molar-refractivity contribution in [3.05, 3.63) is 133 Å². The van der Waals surface area contributed by atoms with Gasteiger partial charge in [0.1, 0.15) is 34.9 Å². The normalized spacial score (nSPS) is 13.9. The average Bonchev–Trinajstić information content (AvgIpc) is 3.98. The van der Waals surface area contributed by atoms with Gasteiger partial charge in [-0.3, -0.25) is 38.3 Å². The van der Waals surface area contributed by atoms with Gasteiger partial charge in [-0.1, -0.05) is 35.0 Å². The topological polar surface area (TPSA) is 189 Å². The summed E-state index contributed by atoms with van der Waals surface area (Å²) in [5.41, 5.74) is 7.83. The van der Waals surface area contributed by atoms with E-state index in [1.54, 1.807) is 35.4 Å². The van der Waals surface area contributed by atoms with Crippen LogP contribution in [0.1, 0.15) is 75.8 Å². The van der Waals surface area contributed by atoms with Gasteiger partial charge >= 0.3 is 5.69 Å². The lowest BCUT2D eigenvalue weighted by Crippen LogP contribution is -2.38. The number of methoxy groups -OCH3 is 1.